The van der Waals surface area contributed by atoms with Crippen LogP contribution in [0.15, 0.2) is 18.3 Å². The maximum Gasteiger partial charge on any atom is 0.220 e. The Hall–Kier alpha value is -1.62. The number of hydrogen-bond acceptors (Lipinski definition) is 4. The first-order valence-electron chi connectivity index (χ1n) is 7.39. The number of amides is 1. The summed E-state index contributed by atoms with van der Waals surface area (Å²) in [6.07, 6.45) is 4.48. The fraction of sp³-hybridized carbons (Fsp3) is 0.600. The highest BCUT2D eigenvalue weighted by atomic mass is 16.1. The Kier molecular flexibility index (Phi) is 3.61. The number of anilines is 1. The van der Waals surface area contributed by atoms with Crippen LogP contribution in [0.3, 0.4) is 0 Å². The SMILES string of the molecule is CC(N)c1ccnc(N2CCC3NC(=O)CCC3C2)c1. The number of fused-ring (bicyclic) bond motifs is 1. The van der Waals surface area contributed by atoms with Gasteiger partial charge in [0.15, 0.2) is 0 Å². The minimum Gasteiger partial charge on any atom is -0.356 e. The third-order valence-electron chi connectivity index (χ3n) is 4.44. The summed E-state index contributed by atoms with van der Waals surface area (Å²) in [6, 6.07) is 4.45. The van der Waals surface area contributed by atoms with E-state index in [-0.39, 0.29) is 11.9 Å². The summed E-state index contributed by atoms with van der Waals surface area (Å²) in [5, 5.41) is 3.11. The van der Waals surface area contributed by atoms with Crippen LogP contribution in [0.4, 0.5) is 5.82 Å². The fourth-order valence-corrected chi connectivity index (χ4v) is 3.21. The number of nitrogens with two attached hydrogens (primary N) is 1. The van der Waals surface area contributed by atoms with Crippen LogP contribution in [0, 0.1) is 5.92 Å². The zero-order chi connectivity index (χ0) is 14.1. The second kappa shape index (κ2) is 5.40. The van der Waals surface area contributed by atoms with Crippen molar-refractivity contribution in [1.29, 1.82) is 0 Å². The van der Waals surface area contributed by atoms with Crippen molar-refractivity contribution in [2.75, 3.05) is 18.0 Å². The normalized spacial score (nSPS) is 27.7. The van der Waals surface area contributed by atoms with Crippen LogP contribution < -0.4 is 16.0 Å². The van der Waals surface area contributed by atoms with Crippen molar-refractivity contribution in [3.8, 4) is 0 Å². The van der Waals surface area contributed by atoms with Gasteiger partial charge in [0.1, 0.15) is 5.82 Å². The van der Waals surface area contributed by atoms with E-state index in [1.54, 1.807) is 0 Å². The van der Waals surface area contributed by atoms with Gasteiger partial charge in [0.05, 0.1) is 0 Å². The highest BCUT2D eigenvalue weighted by molar-refractivity contribution is 5.77. The van der Waals surface area contributed by atoms with Gasteiger partial charge in [0.25, 0.3) is 0 Å². The maximum atomic E-state index is 11.4. The van der Waals surface area contributed by atoms with E-state index >= 15 is 0 Å². The summed E-state index contributed by atoms with van der Waals surface area (Å²) < 4.78 is 0. The van der Waals surface area contributed by atoms with Gasteiger partial charge in [-0.3, -0.25) is 4.79 Å². The lowest BCUT2D eigenvalue weighted by Gasteiger charge is -2.42. The first-order chi connectivity index (χ1) is 9.63. The van der Waals surface area contributed by atoms with Gasteiger partial charge in [-0.2, -0.15) is 0 Å². The number of nitrogens with zero attached hydrogens (tertiary/aromatic N) is 2. The van der Waals surface area contributed by atoms with E-state index in [1.165, 1.54) is 0 Å². The molecule has 3 atom stereocenters. The lowest BCUT2D eigenvalue weighted by molar-refractivity contribution is -0.124. The largest absolute Gasteiger partial charge is 0.356 e. The van der Waals surface area contributed by atoms with Gasteiger partial charge in [0, 0.05) is 37.8 Å². The third kappa shape index (κ3) is 2.63. The second-order valence-corrected chi connectivity index (χ2v) is 5.94. The van der Waals surface area contributed by atoms with Crippen molar-refractivity contribution in [2.45, 2.75) is 38.3 Å². The number of carbonyl (C=O) groups is 1. The molecule has 2 saturated heterocycles. The van der Waals surface area contributed by atoms with Gasteiger partial charge in [-0.05, 0) is 43.4 Å². The van der Waals surface area contributed by atoms with Gasteiger partial charge in [-0.1, -0.05) is 0 Å². The summed E-state index contributed by atoms with van der Waals surface area (Å²) in [7, 11) is 0. The van der Waals surface area contributed by atoms with Crippen molar-refractivity contribution in [3.63, 3.8) is 0 Å². The zero-order valence-corrected chi connectivity index (χ0v) is 11.9. The Morgan fingerprint density at radius 2 is 2.35 bits per heavy atom. The molecule has 0 radical (unpaired) electrons. The van der Waals surface area contributed by atoms with Crippen LogP contribution in [-0.2, 0) is 4.79 Å². The average molecular weight is 274 g/mol. The van der Waals surface area contributed by atoms with Crippen LogP contribution >= 0.6 is 0 Å². The number of hydrogen-bond donors (Lipinski definition) is 2. The minimum atomic E-state index is 0.0308. The van der Waals surface area contributed by atoms with E-state index in [2.05, 4.69) is 21.3 Å². The smallest absolute Gasteiger partial charge is 0.220 e. The maximum absolute atomic E-state index is 11.4. The van der Waals surface area contributed by atoms with E-state index in [9.17, 15) is 4.79 Å². The Morgan fingerprint density at radius 3 is 3.15 bits per heavy atom. The van der Waals surface area contributed by atoms with E-state index in [0.29, 0.717) is 18.4 Å². The molecule has 2 aliphatic rings. The first-order valence-corrected chi connectivity index (χ1v) is 7.39. The molecule has 0 saturated carbocycles. The van der Waals surface area contributed by atoms with E-state index in [4.69, 9.17) is 5.73 Å². The molecule has 3 unspecified atom stereocenters. The molecule has 0 bridgehead atoms. The molecule has 1 aromatic rings. The molecule has 0 aliphatic carbocycles. The molecule has 1 amide bonds. The molecule has 2 fully saturated rings. The average Bonchev–Trinajstić information content (AvgIpc) is 2.47. The van der Waals surface area contributed by atoms with Gasteiger partial charge in [0.2, 0.25) is 5.91 Å². The molecule has 0 spiro atoms. The third-order valence-corrected chi connectivity index (χ3v) is 4.44. The molecule has 5 nitrogen and oxygen atoms in total. The van der Waals surface area contributed by atoms with E-state index in [0.717, 1.165) is 37.3 Å². The van der Waals surface area contributed by atoms with Crippen LogP contribution in [0.25, 0.3) is 0 Å². The Morgan fingerprint density at radius 1 is 1.50 bits per heavy atom. The molecular formula is C15H22N4O. The molecule has 5 heteroatoms. The minimum absolute atomic E-state index is 0.0308. The number of carbonyl (C=O) groups excluding carboxylic acids is 1. The summed E-state index contributed by atoms with van der Waals surface area (Å²) >= 11 is 0. The van der Waals surface area contributed by atoms with Gasteiger partial charge in [-0.25, -0.2) is 4.98 Å². The quantitative estimate of drug-likeness (QED) is 0.850. The topological polar surface area (TPSA) is 71.2 Å². The van der Waals surface area contributed by atoms with Gasteiger partial charge < -0.3 is 16.0 Å². The van der Waals surface area contributed by atoms with Crippen molar-refractivity contribution in [1.82, 2.24) is 10.3 Å². The van der Waals surface area contributed by atoms with Crippen LogP contribution in [0.2, 0.25) is 0 Å². The fourth-order valence-electron chi connectivity index (χ4n) is 3.21. The highest BCUT2D eigenvalue weighted by Gasteiger charge is 2.34. The molecule has 3 rings (SSSR count). The summed E-state index contributed by atoms with van der Waals surface area (Å²) in [5.74, 6) is 1.76. The Bertz CT molecular complexity index is 502. The molecule has 3 N–H and O–H groups in total. The van der Waals surface area contributed by atoms with E-state index in [1.807, 2.05) is 19.2 Å². The number of aromatic nitrogens is 1. The highest BCUT2D eigenvalue weighted by Crippen LogP contribution is 2.28. The number of rotatable bonds is 2. The second-order valence-electron chi connectivity index (χ2n) is 5.94. The predicted octanol–water partition coefficient (Wildman–Crippen LogP) is 1.21. The predicted molar refractivity (Wildman–Crippen MR) is 78.3 cm³/mol. The lowest BCUT2D eigenvalue weighted by atomic mass is 9.85. The summed E-state index contributed by atoms with van der Waals surface area (Å²) in [5.41, 5.74) is 7.06. The monoisotopic (exact) mass is 274 g/mol. The summed E-state index contributed by atoms with van der Waals surface area (Å²) in [4.78, 5) is 18.2. The van der Waals surface area contributed by atoms with Crippen LogP contribution in [0.1, 0.15) is 37.8 Å². The van der Waals surface area contributed by atoms with Crippen molar-refractivity contribution in [2.24, 2.45) is 11.7 Å². The first kappa shape index (κ1) is 13.4. The van der Waals surface area contributed by atoms with Gasteiger partial charge >= 0.3 is 0 Å². The van der Waals surface area contributed by atoms with Crippen molar-refractivity contribution < 1.29 is 4.79 Å². The lowest BCUT2D eigenvalue weighted by Crippen LogP contribution is -2.54. The van der Waals surface area contributed by atoms with Crippen molar-refractivity contribution in [3.05, 3.63) is 23.9 Å². The number of nitrogens with one attached hydrogen (secondary N) is 1. The van der Waals surface area contributed by atoms with Crippen LogP contribution in [0.5, 0.6) is 0 Å². The molecule has 0 aromatic carbocycles. The molecule has 1 aromatic heterocycles. The van der Waals surface area contributed by atoms with Crippen LogP contribution in [-0.4, -0.2) is 30.0 Å². The van der Waals surface area contributed by atoms with Crippen molar-refractivity contribution >= 4 is 11.7 Å². The Labute approximate surface area is 119 Å². The number of piperidine rings is 2. The zero-order valence-electron chi connectivity index (χ0n) is 11.9. The molecule has 2 aliphatic heterocycles. The molecular weight excluding hydrogens is 252 g/mol. The van der Waals surface area contributed by atoms with Gasteiger partial charge in [-0.15, -0.1) is 0 Å². The standard InChI is InChI=1S/C15H22N4O/c1-10(16)11-4-6-17-14(8-11)19-7-5-13-12(9-19)2-3-15(20)18-13/h4,6,8,10,12-13H,2-3,5,7,9,16H2,1H3,(H,18,20). The molecule has 108 valence electrons. The number of pyridine rings is 1. The van der Waals surface area contributed by atoms with E-state index < -0.39 is 0 Å². The Balaban J connectivity index is 1.73. The molecule has 20 heavy (non-hydrogen) atoms. The molecule has 3 heterocycles. The summed E-state index contributed by atoms with van der Waals surface area (Å²) in [6.45, 7) is 3.90.